The lowest BCUT2D eigenvalue weighted by Crippen LogP contribution is -2.18. The van der Waals surface area contributed by atoms with Gasteiger partial charge in [0.2, 0.25) is 5.91 Å². The molecular weight excluding hydrogens is 380 g/mol. The van der Waals surface area contributed by atoms with Gasteiger partial charge in [-0.2, -0.15) is 0 Å². The van der Waals surface area contributed by atoms with E-state index < -0.39 is 5.97 Å². The van der Waals surface area contributed by atoms with Crippen LogP contribution in [-0.2, 0) is 14.3 Å². The summed E-state index contributed by atoms with van der Waals surface area (Å²) in [6, 6.07) is 15.9. The van der Waals surface area contributed by atoms with E-state index in [-0.39, 0.29) is 24.2 Å². The van der Waals surface area contributed by atoms with Crippen molar-refractivity contribution in [2.75, 3.05) is 11.9 Å². The van der Waals surface area contributed by atoms with Crippen molar-refractivity contribution < 1.29 is 19.1 Å². The molecule has 0 atom stereocenters. The lowest BCUT2D eigenvalue weighted by molar-refractivity contribution is -0.136. The highest BCUT2D eigenvalue weighted by Crippen LogP contribution is 2.17. The maximum Gasteiger partial charge on any atom is 0.331 e. The summed E-state index contributed by atoms with van der Waals surface area (Å²) in [4.78, 5) is 40.3. The van der Waals surface area contributed by atoms with Crippen LogP contribution in [-0.4, -0.2) is 29.3 Å². The predicted molar refractivity (Wildman–Crippen MR) is 116 cm³/mol. The monoisotopic (exact) mass is 402 g/mol. The molecule has 6 heteroatoms. The zero-order valence-electron chi connectivity index (χ0n) is 16.8. The van der Waals surface area contributed by atoms with E-state index in [1.54, 1.807) is 50.4 Å². The predicted octanol–water partition coefficient (Wildman–Crippen LogP) is 4.27. The van der Waals surface area contributed by atoms with Crippen molar-refractivity contribution in [2.45, 2.75) is 13.8 Å². The number of hydrogen-bond acceptors (Lipinski definition) is 5. The number of nitrogens with zero attached hydrogens (tertiary/aromatic N) is 1. The molecule has 1 aromatic heterocycles. The minimum Gasteiger partial charge on any atom is -0.454 e. The molecule has 0 bridgehead atoms. The molecule has 1 amide bonds. The SMILES string of the molecule is CC(C)C(=O)Nc1ccc(C(=O)COC(=O)/C=C\c2cccc3cccnc23)cc1. The molecule has 152 valence electrons. The minimum absolute atomic E-state index is 0.101. The lowest BCUT2D eigenvalue weighted by atomic mass is 10.1. The number of esters is 1. The van der Waals surface area contributed by atoms with Crippen LogP contribution in [0, 0.1) is 5.92 Å². The molecule has 1 N–H and O–H groups in total. The average Bonchev–Trinajstić information content (AvgIpc) is 2.76. The number of fused-ring (bicyclic) bond motifs is 1. The topological polar surface area (TPSA) is 85.4 Å². The van der Waals surface area contributed by atoms with Gasteiger partial charge < -0.3 is 10.1 Å². The normalized spacial score (nSPS) is 11.0. The molecule has 30 heavy (non-hydrogen) atoms. The van der Waals surface area contributed by atoms with Crippen molar-refractivity contribution >= 4 is 40.3 Å². The van der Waals surface area contributed by atoms with E-state index in [4.69, 9.17) is 4.74 Å². The molecule has 0 spiro atoms. The smallest absolute Gasteiger partial charge is 0.331 e. The maximum absolute atomic E-state index is 12.2. The molecule has 0 saturated heterocycles. The van der Waals surface area contributed by atoms with E-state index in [1.165, 1.54) is 6.08 Å². The highest BCUT2D eigenvalue weighted by Gasteiger charge is 2.10. The number of pyridine rings is 1. The summed E-state index contributed by atoms with van der Waals surface area (Å²) in [5.41, 5.74) is 2.57. The van der Waals surface area contributed by atoms with Gasteiger partial charge in [-0.25, -0.2) is 4.79 Å². The minimum atomic E-state index is -0.614. The molecule has 0 aliphatic heterocycles. The number of nitrogens with one attached hydrogen (secondary N) is 1. The third-order valence-corrected chi connectivity index (χ3v) is 4.41. The largest absolute Gasteiger partial charge is 0.454 e. The summed E-state index contributed by atoms with van der Waals surface area (Å²) in [7, 11) is 0. The Labute approximate surface area is 174 Å². The molecular formula is C24H22N2O4. The number of aromatic nitrogens is 1. The number of benzene rings is 2. The summed E-state index contributed by atoms with van der Waals surface area (Å²) in [6.45, 7) is 3.23. The van der Waals surface area contributed by atoms with Crippen LogP contribution in [0.15, 0.2) is 66.9 Å². The van der Waals surface area contributed by atoms with Crippen molar-refractivity contribution in [1.82, 2.24) is 4.98 Å². The Morgan fingerprint density at radius 3 is 2.50 bits per heavy atom. The number of carbonyl (C=O) groups excluding carboxylic acids is 3. The van der Waals surface area contributed by atoms with Gasteiger partial charge in [0.15, 0.2) is 12.4 Å². The van der Waals surface area contributed by atoms with E-state index in [0.29, 0.717) is 11.3 Å². The molecule has 3 rings (SSSR count). The van der Waals surface area contributed by atoms with E-state index in [1.807, 2.05) is 30.3 Å². The molecule has 6 nitrogen and oxygen atoms in total. The fourth-order valence-electron chi connectivity index (χ4n) is 2.71. The molecule has 2 aromatic carbocycles. The van der Waals surface area contributed by atoms with Crippen LogP contribution >= 0.6 is 0 Å². The van der Waals surface area contributed by atoms with Gasteiger partial charge >= 0.3 is 5.97 Å². The molecule has 3 aromatic rings. The molecule has 0 saturated carbocycles. The Bertz CT molecular complexity index is 1100. The first-order chi connectivity index (χ1) is 14.4. The Morgan fingerprint density at radius 2 is 1.77 bits per heavy atom. The van der Waals surface area contributed by atoms with Gasteiger partial charge in [0.25, 0.3) is 0 Å². The Kier molecular flexibility index (Phi) is 6.70. The number of ketones is 1. The van der Waals surface area contributed by atoms with E-state index in [0.717, 1.165) is 16.5 Å². The van der Waals surface area contributed by atoms with Crippen LogP contribution in [0.5, 0.6) is 0 Å². The second-order valence-electron chi connectivity index (χ2n) is 7.01. The number of hydrogen-bond donors (Lipinski definition) is 1. The van der Waals surface area contributed by atoms with Crippen LogP contribution in [0.3, 0.4) is 0 Å². The maximum atomic E-state index is 12.2. The Hall–Kier alpha value is -3.80. The number of Topliss-reactive ketones (excluding diaryl/α,β-unsaturated/α-hetero) is 1. The first-order valence-corrected chi connectivity index (χ1v) is 9.57. The number of carbonyl (C=O) groups is 3. The zero-order chi connectivity index (χ0) is 21.5. The van der Waals surface area contributed by atoms with Gasteiger partial charge in [-0.15, -0.1) is 0 Å². The van der Waals surface area contributed by atoms with Crippen molar-refractivity contribution in [3.05, 3.63) is 78.0 Å². The molecule has 0 fully saturated rings. The summed E-state index contributed by atoms with van der Waals surface area (Å²) in [5.74, 6) is -1.18. The quantitative estimate of drug-likeness (QED) is 0.362. The molecule has 0 unspecified atom stereocenters. The highest BCUT2D eigenvalue weighted by atomic mass is 16.5. The Balaban J connectivity index is 1.56. The first-order valence-electron chi connectivity index (χ1n) is 9.57. The molecule has 0 radical (unpaired) electrons. The van der Waals surface area contributed by atoms with E-state index in [9.17, 15) is 14.4 Å². The van der Waals surface area contributed by atoms with Gasteiger partial charge in [-0.3, -0.25) is 14.6 Å². The van der Waals surface area contributed by atoms with Crippen LogP contribution in [0.2, 0.25) is 0 Å². The van der Waals surface area contributed by atoms with Crippen LogP contribution in [0.1, 0.15) is 29.8 Å². The summed E-state index contributed by atoms with van der Waals surface area (Å²) in [6.07, 6.45) is 4.59. The van der Waals surface area contributed by atoms with Gasteiger partial charge in [0.05, 0.1) is 5.52 Å². The van der Waals surface area contributed by atoms with Gasteiger partial charge in [-0.1, -0.05) is 38.1 Å². The van der Waals surface area contributed by atoms with Crippen molar-refractivity contribution in [3.63, 3.8) is 0 Å². The second kappa shape index (κ2) is 9.60. The number of ether oxygens (including phenoxy) is 1. The third kappa shape index (κ3) is 5.38. The molecule has 0 aliphatic rings. The van der Waals surface area contributed by atoms with Crippen LogP contribution in [0.25, 0.3) is 17.0 Å². The fraction of sp³-hybridized carbons (Fsp3) is 0.167. The number of rotatable bonds is 7. The van der Waals surface area contributed by atoms with Gasteiger partial charge in [-0.05, 0) is 36.4 Å². The van der Waals surface area contributed by atoms with Crippen molar-refractivity contribution in [2.24, 2.45) is 5.92 Å². The molecule has 0 aliphatic carbocycles. The number of anilines is 1. The summed E-state index contributed by atoms with van der Waals surface area (Å²) < 4.78 is 5.05. The lowest BCUT2D eigenvalue weighted by Gasteiger charge is -2.08. The fourth-order valence-corrected chi connectivity index (χ4v) is 2.71. The standard InChI is InChI=1S/C24H22N2O4/c1-16(2)24(29)26-20-11-8-17(9-12-20)21(27)15-30-22(28)13-10-19-6-3-5-18-7-4-14-25-23(18)19/h3-14,16H,15H2,1-2H3,(H,26,29)/b13-10-. The molecule has 1 heterocycles. The van der Waals surface area contributed by atoms with Crippen molar-refractivity contribution in [3.8, 4) is 0 Å². The van der Waals surface area contributed by atoms with Crippen LogP contribution in [0.4, 0.5) is 5.69 Å². The van der Waals surface area contributed by atoms with E-state index >= 15 is 0 Å². The van der Waals surface area contributed by atoms with Crippen LogP contribution < -0.4 is 5.32 Å². The van der Waals surface area contributed by atoms with Gasteiger partial charge in [0, 0.05) is 40.4 Å². The van der Waals surface area contributed by atoms with Gasteiger partial charge in [0.1, 0.15) is 0 Å². The first kappa shape index (κ1) is 20.9. The average molecular weight is 402 g/mol. The number of amides is 1. The summed E-state index contributed by atoms with van der Waals surface area (Å²) in [5, 5.41) is 3.72. The van der Waals surface area contributed by atoms with E-state index in [2.05, 4.69) is 10.3 Å². The van der Waals surface area contributed by atoms with Crippen molar-refractivity contribution in [1.29, 1.82) is 0 Å². The Morgan fingerprint density at radius 1 is 1.03 bits per heavy atom. The summed E-state index contributed by atoms with van der Waals surface area (Å²) >= 11 is 0. The number of para-hydroxylation sites is 1. The zero-order valence-corrected chi connectivity index (χ0v) is 16.8. The second-order valence-corrected chi connectivity index (χ2v) is 7.01. The highest BCUT2D eigenvalue weighted by molar-refractivity contribution is 6.00. The third-order valence-electron chi connectivity index (χ3n) is 4.41.